The second-order valence-corrected chi connectivity index (χ2v) is 5.59. The van der Waals surface area contributed by atoms with Crippen LogP contribution in [0, 0.1) is 5.92 Å². The molecule has 2 saturated heterocycles. The van der Waals surface area contributed by atoms with Gasteiger partial charge in [-0.2, -0.15) is 0 Å². The Kier molecular flexibility index (Phi) is 5.23. The number of hydrogen-bond donors (Lipinski definition) is 0. The molecular weight excluding hydrogens is 258 g/mol. The summed E-state index contributed by atoms with van der Waals surface area (Å²) in [7, 11) is 2.08. The zero-order valence-electron chi connectivity index (χ0n) is 12.5. The van der Waals surface area contributed by atoms with E-state index >= 15 is 0 Å². The summed E-state index contributed by atoms with van der Waals surface area (Å²) in [5.74, 6) is 0.339. The number of amides is 2. The highest BCUT2D eigenvalue weighted by molar-refractivity contribution is 5.79. The summed E-state index contributed by atoms with van der Waals surface area (Å²) in [6.07, 6.45) is 1.26. The highest BCUT2D eigenvalue weighted by Gasteiger charge is 2.31. The standard InChI is InChI=1S/C14H25N3O3/c1-3-20-14(19)17-6-4-12(5-7-17)13(18)16-10-8-15(2)9-11-16/h12H,3-11H2,1-2H3. The molecule has 0 aromatic heterocycles. The predicted molar refractivity (Wildman–Crippen MR) is 75.4 cm³/mol. The van der Waals surface area contributed by atoms with Gasteiger partial charge in [0.1, 0.15) is 0 Å². The first-order valence-electron chi connectivity index (χ1n) is 7.51. The third-order valence-corrected chi connectivity index (χ3v) is 4.19. The first-order chi connectivity index (χ1) is 9.61. The number of hydrogen-bond acceptors (Lipinski definition) is 4. The van der Waals surface area contributed by atoms with E-state index in [1.165, 1.54) is 0 Å². The van der Waals surface area contributed by atoms with Crippen molar-refractivity contribution in [1.29, 1.82) is 0 Å². The average molecular weight is 283 g/mol. The van der Waals surface area contributed by atoms with Crippen molar-refractivity contribution in [3.8, 4) is 0 Å². The summed E-state index contributed by atoms with van der Waals surface area (Å²) in [5, 5.41) is 0. The minimum absolute atomic E-state index is 0.0732. The molecule has 114 valence electrons. The van der Waals surface area contributed by atoms with Crippen LogP contribution in [-0.2, 0) is 9.53 Å². The van der Waals surface area contributed by atoms with Gasteiger partial charge >= 0.3 is 6.09 Å². The molecule has 0 radical (unpaired) electrons. The largest absolute Gasteiger partial charge is 0.450 e. The molecule has 0 aliphatic carbocycles. The van der Waals surface area contributed by atoms with Gasteiger partial charge in [-0.3, -0.25) is 4.79 Å². The minimum Gasteiger partial charge on any atom is -0.450 e. The summed E-state index contributed by atoms with van der Waals surface area (Å²) >= 11 is 0. The molecule has 0 N–H and O–H groups in total. The average Bonchev–Trinajstić information content (AvgIpc) is 2.48. The SMILES string of the molecule is CCOC(=O)N1CCC(C(=O)N2CCN(C)CC2)CC1. The number of piperidine rings is 1. The van der Waals surface area contributed by atoms with E-state index in [0.717, 1.165) is 39.0 Å². The molecule has 0 saturated carbocycles. The van der Waals surface area contributed by atoms with Gasteiger partial charge in [0, 0.05) is 45.2 Å². The van der Waals surface area contributed by atoms with Crippen molar-refractivity contribution in [3.05, 3.63) is 0 Å². The highest BCUT2D eigenvalue weighted by atomic mass is 16.6. The van der Waals surface area contributed by atoms with Gasteiger partial charge in [-0.15, -0.1) is 0 Å². The molecule has 0 aromatic carbocycles. The Bertz CT molecular complexity index is 346. The molecule has 2 amide bonds. The maximum absolute atomic E-state index is 12.4. The summed E-state index contributed by atoms with van der Waals surface area (Å²) < 4.78 is 4.99. The highest BCUT2D eigenvalue weighted by Crippen LogP contribution is 2.21. The van der Waals surface area contributed by atoms with E-state index in [1.54, 1.807) is 4.90 Å². The second-order valence-electron chi connectivity index (χ2n) is 5.59. The zero-order valence-corrected chi connectivity index (χ0v) is 12.5. The quantitative estimate of drug-likeness (QED) is 0.746. The van der Waals surface area contributed by atoms with Crippen molar-refractivity contribution in [2.45, 2.75) is 19.8 Å². The second kappa shape index (κ2) is 6.92. The van der Waals surface area contributed by atoms with Crippen LogP contribution in [0.1, 0.15) is 19.8 Å². The topological polar surface area (TPSA) is 53.1 Å². The Morgan fingerprint density at radius 1 is 1.00 bits per heavy atom. The molecule has 0 aromatic rings. The molecule has 6 heteroatoms. The molecule has 20 heavy (non-hydrogen) atoms. The molecule has 2 aliphatic heterocycles. The molecule has 0 bridgehead atoms. The summed E-state index contributed by atoms with van der Waals surface area (Å²) in [4.78, 5) is 30.0. The molecule has 2 rings (SSSR count). The normalized spacial score (nSPS) is 21.9. The fourth-order valence-corrected chi connectivity index (χ4v) is 2.81. The van der Waals surface area contributed by atoms with Crippen molar-refractivity contribution in [1.82, 2.24) is 14.7 Å². The zero-order chi connectivity index (χ0) is 14.5. The van der Waals surface area contributed by atoms with Gasteiger partial charge < -0.3 is 19.4 Å². The van der Waals surface area contributed by atoms with Crippen LogP contribution in [-0.4, -0.2) is 79.6 Å². The number of carbonyl (C=O) groups is 2. The van der Waals surface area contributed by atoms with Gasteiger partial charge in [0.2, 0.25) is 5.91 Å². The summed E-state index contributed by atoms with van der Waals surface area (Å²) in [6, 6.07) is 0. The number of likely N-dealkylation sites (N-methyl/N-ethyl adjacent to an activating group) is 1. The lowest BCUT2D eigenvalue weighted by molar-refractivity contribution is -0.138. The van der Waals surface area contributed by atoms with E-state index in [4.69, 9.17) is 4.74 Å². The third-order valence-electron chi connectivity index (χ3n) is 4.19. The first kappa shape index (κ1) is 15.1. The Morgan fingerprint density at radius 3 is 2.15 bits per heavy atom. The van der Waals surface area contributed by atoms with Crippen molar-refractivity contribution in [2.75, 3.05) is 52.9 Å². The van der Waals surface area contributed by atoms with Gasteiger partial charge in [-0.05, 0) is 26.8 Å². The maximum Gasteiger partial charge on any atom is 0.409 e. The smallest absolute Gasteiger partial charge is 0.409 e. The van der Waals surface area contributed by atoms with Crippen LogP contribution >= 0.6 is 0 Å². The summed E-state index contributed by atoms with van der Waals surface area (Å²) in [5.41, 5.74) is 0. The molecule has 0 atom stereocenters. The number of rotatable bonds is 2. The van der Waals surface area contributed by atoms with Crippen LogP contribution < -0.4 is 0 Å². The number of piperazine rings is 1. The molecule has 2 fully saturated rings. The first-order valence-corrected chi connectivity index (χ1v) is 7.51. The van der Waals surface area contributed by atoms with E-state index < -0.39 is 0 Å². The molecule has 0 unspecified atom stereocenters. The van der Waals surface area contributed by atoms with Gasteiger partial charge in [-0.1, -0.05) is 0 Å². The Morgan fingerprint density at radius 2 is 1.60 bits per heavy atom. The Balaban J connectivity index is 1.78. The Labute approximate surface area is 120 Å². The molecule has 6 nitrogen and oxygen atoms in total. The van der Waals surface area contributed by atoms with Crippen molar-refractivity contribution >= 4 is 12.0 Å². The van der Waals surface area contributed by atoms with Crippen LogP contribution in [0.3, 0.4) is 0 Å². The third kappa shape index (κ3) is 3.62. The molecule has 2 heterocycles. The van der Waals surface area contributed by atoms with Crippen molar-refractivity contribution < 1.29 is 14.3 Å². The molecular formula is C14H25N3O3. The van der Waals surface area contributed by atoms with Gasteiger partial charge in [0.15, 0.2) is 0 Å². The van der Waals surface area contributed by atoms with Crippen LogP contribution in [0.15, 0.2) is 0 Å². The lowest BCUT2D eigenvalue weighted by Gasteiger charge is -2.37. The lowest BCUT2D eigenvalue weighted by Crippen LogP contribution is -2.51. The van der Waals surface area contributed by atoms with Crippen LogP contribution in [0.4, 0.5) is 4.79 Å². The van der Waals surface area contributed by atoms with E-state index in [2.05, 4.69) is 11.9 Å². The number of nitrogens with zero attached hydrogens (tertiary/aromatic N) is 3. The number of carbonyl (C=O) groups excluding carboxylic acids is 2. The van der Waals surface area contributed by atoms with Crippen LogP contribution in [0.2, 0.25) is 0 Å². The van der Waals surface area contributed by atoms with E-state index in [9.17, 15) is 9.59 Å². The monoisotopic (exact) mass is 283 g/mol. The number of likely N-dealkylation sites (tertiary alicyclic amines) is 1. The predicted octanol–water partition coefficient (Wildman–Crippen LogP) is 0.629. The minimum atomic E-state index is -0.252. The van der Waals surface area contributed by atoms with Gasteiger partial charge in [0.05, 0.1) is 6.61 Å². The molecule has 0 spiro atoms. The van der Waals surface area contributed by atoms with Gasteiger partial charge in [0.25, 0.3) is 0 Å². The Hall–Kier alpha value is -1.30. The van der Waals surface area contributed by atoms with Gasteiger partial charge in [-0.25, -0.2) is 4.79 Å². The van der Waals surface area contributed by atoms with E-state index in [0.29, 0.717) is 19.7 Å². The van der Waals surface area contributed by atoms with Crippen LogP contribution in [0.25, 0.3) is 0 Å². The maximum atomic E-state index is 12.4. The lowest BCUT2D eigenvalue weighted by atomic mass is 9.95. The fourth-order valence-electron chi connectivity index (χ4n) is 2.81. The molecule has 2 aliphatic rings. The summed E-state index contributed by atoms with van der Waals surface area (Å²) in [6.45, 7) is 7.02. The van der Waals surface area contributed by atoms with E-state index in [1.807, 2.05) is 11.8 Å². The number of ether oxygens (including phenoxy) is 1. The fraction of sp³-hybridized carbons (Fsp3) is 0.857. The van der Waals surface area contributed by atoms with Crippen molar-refractivity contribution in [2.24, 2.45) is 5.92 Å². The van der Waals surface area contributed by atoms with Crippen LogP contribution in [0.5, 0.6) is 0 Å². The van der Waals surface area contributed by atoms with E-state index in [-0.39, 0.29) is 17.9 Å². The van der Waals surface area contributed by atoms with Crippen molar-refractivity contribution in [3.63, 3.8) is 0 Å².